The first-order chi connectivity index (χ1) is 14.7. The zero-order valence-corrected chi connectivity index (χ0v) is 19.1. The molecule has 7 heteroatoms. The molecule has 0 saturated carbocycles. The fraction of sp³-hybridized carbons (Fsp3) is 0.208. The second kappa shape index (κ2) is 8.02. The number of carbonyl (C=O) groups is 1. The van der Waals surface area contributed by atoms with Gasteiger partial charge in [-0.15, -0.1) is 0 Å². The number of nitrogens with zero attached hydrogens (tertiary/aromatic N) is 1. The lowest BCUT2D eigenvalue weighted by Crippen LogP contribution is -2.35. The van der Waals surface area contributed by atoms with Gasteiger partial charge in [0.25, 0.3) is 15.9 Å². The topological polar surface area (TPSA) is 66.5 Å². The van der Waals surface area contributed by atoms with Crippen LogP contribution in [0.3, 0.4) is 0 Å². The zero-order valence-electron chi connectivity index (χ0n) is 17.5. The Hall–Kier alpha value is -2.83. The van der Waals surface area contributed by atoms with E-state index in [1.165, 1.54) is 12.1 Å². The summed E-state index contributed by atoms with van der Waals surface area (Å²) in [5, 5.41) is 0.0595. The van der Waals surface area contributed by atoms with Crippen LogP contribution in [-0.4, -0.2) is 20.4 Å². The van der Waals surface area contributed by atoms with Crippen LogP contribution in [-0.2, 0) is 16.4 Å². The van der Waals surface area contributed by atoms with E-state index in [0.717, 1.165) is 28.8 Å². The van der Waals surface area contributed by atoms with Crippen LogP contribution in [0.5, 0.6) is 0 Å². The van der Waals surface area contributed by atoms with Gasteiger partial charge in [-0.05, 0) is 74.2 Å². The van der Waals surface area contributed by atoms with E-state index < -0.39 is 10.0 Å². The number of carbonyl (C=O) groups excluding carboxylic acids is 1. The van der Waals surface area contributed by atoms with Crippen molar-refractivity contribution in [1.29, 1.82) is 0 Å². The zero-order chi connectivity index (χ0) is 22.3. The van der Waals surface area contributed by atoms with Gasteiger partial charge in [0.1, 0.15) is 4.90 Å². The maximum atomic E-state index is 13.3. The predicted molar refractivity (Wildman–Crippen MR) is 125 cm³/mol. The molecular formula is C24H23ClN2O3S. The molecule has 0 fully saturated rings. The van der Waals surface area contributed by atoms with E-state index in [4.69, 9.17) is 11.6 Å². The summed E-state index contributed by atoms with van der Waals surface area (Å²) in [5.74, 6) is -0.252. The highest BCUT2D eigenvalue weighted by Crippen LogP contribution is 2.34. The number of anilines is 2. The summed E-state index contributed by atoms with van der Waals surface area (Å²) in [7, 11) is -3.99. The Morgan fingerprint density at radius 3 is 2.58 bits per heavy atom. The summed E-state index contributed by atoms with van der Waals surface area (Å²) in [6, 6.07) is 17.6. The standard InChI is InChI=1S/C24H23ClN2O3S/c1-15-8-9-16(2)21(12-15)26-31(29,30)23-14-19(10-11-20(23)25)24(28)27-17(3)13-18-6-4-5-7-22(18)27/h4-12,14,17,26H,13H2,1-3H3/t17-/m1/s1. The maximum absolute atomic E-state index is 13.3. The lowest BCUT2D eigenvalue weighted by atomic mass is 10.1. The third-order valence-corrected chi connectivity index (χ3v) is 7.38. The smallest absolute Gasteiger partial charge is 0.263 e. The number of hydrogen-bond acceptors (Lipinski definition) is 3. The van der Waals surface area contributed by atoms with Crippen molar-refractivity contribution in [2.75, 3.05) is 9.62 Å². The van der Waals surface area contributed by atoms with E-state index in [-0.39, 0.29) is 27.4 Å². The van der Waals surface area contributed by atoms with Crippen LogP contribution in [0.25, 0.3) is 0 Å². The molecule has 0 bridgehead atoms. The van der Waals surface area contributed by atoms with E-state index >= 15 is 0 Å². The van der Waals surface area contributed by atoms with Gasteiger partial charge in [0.05, 0.1) is 10.7 Å². The van der Waals surface area contributed by atoms with Crippen molar-refractivity contribution in [3.63, 3.8) is 0 Å². The molecule has 0 saturated heterocycles. The highest BCUT2D eigenvalue weighted by Gasteiger charge is 2.32. The van der Waals surface area contributed by atoms with E-state index in [2.05, 4.69) is 4.72 Å². The van der Waals surface area contributed by atoms with Crippen LogP contribution in [0.4, 0.5) is 11.4 Å². The summed E-state index contributed by atoms with van der Waals surface area (Å²) < 4.78 is 28.9. The summed E-state index contributed by atoms with van der Waals surface area (Å²) in [6.07, 6.45) is 0.759. The summed E-state index contributed by atoms with van der Waals surface area (Å²) in [4.78, 5) is 14.9. The number of aryl methyl sites for hydroxylation is 2. The molecular weight excluding hydrogens is 432 g/mol. The number of benzene rings is 3. The number of hydrogen-bond donors (Lipinski definition) is 1. The molecule has 4 rings (SSSR count). The van der Waals surface area contributed by atoms with Crippen LogP contribution in [0.15, 0.2) is 65.6 Å². The fourth-order valence-corrected chi connectivity index (χ4v) is 5.55. The van der Waals surface area contributed by atoms with E-state index in [1.54, 1.807) is 17.0 Å². The lowest BCUT2D eigenvalue weighted by molar-refractivity contribution is 0.0981. The van der Waals surface area contributed by atoms with Crippen molar-refractivity contribution in [2.24, 2.45) is 0 Å². The van der Waals surface area contributed by atoms with Crippen molar-refractivity contribution in [2.45, 2.75) is 38.1 Å². The minimum absolute atomic E-state index is 0.0197. The van der Waals surface area contributed by atoms with Crippen molar-refractivity contribution >= 4 is 38.9 Å². The Morgan fingerprint density at radius 1 is 1.06 bits per heavy atom. The van der Waals surface area contributed by atoms with Gasteiger partial charge in [-0.3, -0.25) is 9.52 Å². The normalized spacial score (nSPS) is 15.6. The number of rotatable bonds is 4. The Labute approximate surface area is 187 Å². The number of fused-ring (bicyclic) bond motifs is 1. The molecule has 1 aliphatic heterocycles. The summed E-state index contributed by atoms with van der Waals surface area (Å²) >= 11 is 6.25. The number of amides is 1. The molecule has 0 aromatic heterocycles. The molecule has 0 radical (unpaired) electrons. The number of sulfonamides is 1. The van der Waals surface area contributed by atoms with Gasteiger partial charge in [-0.25, -0.2) is 8.42 Å². The average Bonchev–Trinajstić information content (AvgIpc) is 3.06. The molecule has 1 N–H and O–H groups in total. The number of halogens is 1. The highest BCUT2D eigenvalue weighted by atomic mass is 35.5. The van der Waals surface area contributed by atoms with Crippen LogP contribution >= 0.6 is 11.6 Å². The van der Waals surface area contributed by atoms with Crippen LogP contribution < -0.4 is 9.62 Å². The molecule has 160 valence electrons. The average molecular weight is 455 g/mol. The van der Waals surface area contributed by atoms with Gasteiger partial charge in [-0.2, -0.15) is 0 Å². The first-order valence-corrected chi connectivity index (χ1v) is 11.8. The third-order valence-electron chi connectivity index (χ3n) is 5.53. The molecule has 3 aromatic rings. The molecule has 0 spiro atoms. The third kappa shape index (κ3) is 4.05. The van der Waals surface area contributed by atoms with Crippen molar-refractivity contribution in [3.05, 3.63) is 87.9 Å². The summed E-state index contributed by atoms with van der Waals surface area (Å²) in [6.45, 7) is 5.69. The van der Waals surface area contributed by atoms with E-state index in [9.17, 15) is 13.2 Å². The van der Waals surface area contributed by atoms with Crippen LogP contribution in [0.2, 0.25) is 5.02 Å². The highest BCUT2D eigenvalue weighted by molar-refractivity contribution is 7.92. The van der Waals surface area contributed by atoms with Gasteiger partial charge >= 0.3 is 0 Å². The minimum atomic E-state index is -3.99. The molecule has 0 aliphatic carbocycles. The summed E-state index contributed by atoms with van der Waals surface area (Å²) in [5.41, 5.74) is 4.43. The predicted octanol–water partition coefficient (Wildman–Crippen LogP) is 5.35. The quantitative estimate of drug-likeness (QED) is 0.577. The first-order valence-electron chi connectivity index (χ1n) is 9.98. The largest absolute Gasteiger partial charge is 0.305 e. The van der Waals surface area contributed by atoms with Crippen molar-refractivity contribution < 1.29 is 13.2 Å². The second-order valence-corrected chi connectivity index (χ2v) is 9.98. The lowest BCUT2D eigenvalue weighted by Gasteiger charge is -2.23. The van der Waals surface area contributed by atoms with Gasteiger partial charge in [-0.1, -0.05) is 41.9 Å². The van der Waals surface area contributed by atoms with Crippen LogP contribution in [0, 0.1) is 13.8 Å². The fourth-order valence-electron chi connectivity index (χ4n) is 3.90. The van der Waals surface area contributed by atoms with E-state index in [1.807, 2.05) is 57.2 Å². The molecule has 1 atom stereocenters. The second-order valence-electron chi connectivity index (χ2n) is 7.93. The molecule has 1 aliphatic rings. The molecule has 3 aromatic carbocycles. The molecule has 0 unspecified atom stereocenters. The van der Waals surface area contributed by atoms with Crippen molar-refractivity contribution in [1.82, 2.24) is 0 Å². The van der Waals surface area contributed by atoms with Crippen LogP contribution in [0.1, 0.15) is 34.0 Å². The molecule has 5 nitrogen and oxygen atoms in total. The molecule has 1 amide bonds. The molecule has 31 heavy (non-hydrogen) atoms. The Balaban J connectivity index is 1.70. The number of nitrogens with one attached hydrogen (secondary N) is 1. The first kappa shape index (κ1) is 21.4. The Kier molecular flexibility index (Phi) is 5.54. The maximum Gasteiger partial charge on any atom is 0.263 e. The minimum Gasteiger partial charge on any atom is -0.305 e. The van der Waals surface area contributed by atoms with Gasteiger partial charge in [0, 0.05) is 17.3 Å². The van der Waals surface area contributed by atoms with E-state index in [0.29, 0.717) is 5.69 Å². The number of para-hydroxylation sites is 1. The monoisotopic (exact) mass is 454 g/mol. The Morgan fingerprint density at radius 2 is 1.81 bits per heavy atom. The van der Waals surface area contributed by atoms with Crippen molar-refractivity contribution in [3.8, 4) is 0 Å². The Bertz CT molecular complexity index is 1290. The molecule has 1 heterocycles. The van der Waals surface area contributed by atoms with Gasteiger partial charge in [0.15, 0.2) is 0 Å². The SMILES string of the molecule is Cc1ccc(C)c(NS(=O)(=O)c2cc(C(=O)N3c4ccccc4C[C@H]3C)ccc2Cl)c1. The van der Waals surface area contributed by atoms with Gasteiger partial charge < -0.3 is 4.90 Å². The van der Waals surface area contributed by atoms with Gasteiger partial charge in [0.2, 0.25) is 0 Å².